The number of aromatic amines is 1. The van der Waals surface area contributed by atoms with E-state index in [1.165, 1.54) is 6.20 Å². The molecule has 2 N–H and O–H groups in total. The lowest BCUT2D eigenvalue weighted by Crippen LogP contribution is -2.25. The van der Waals surface area contributed by atoms with E-state index in [2.05, 4.69) is 14.7 Å². The van der Waals surface area contributed by atoms with Gasteiger partial charge in [-0.2, -0.15) is 0 Å². The van der Waals surface area contributed by atoms with Gasteiger partial charge in [-0.1, -0.05) is 0 Å². The van der Waals surface area contributed by atoms with Crippen LogP contribution in [0.4, 0.5) is 0 Å². The SMILES string of the molecule is Cc1ncc(S(=O)(=O)NCCCl)[nH]1. The highest BCUT2D eigenvalue weighted by atomic mass is 35.5. The van der Waals surface area contributed by atoms with E-state index in [0.29, 0.717) is 5.82 Å². The molecule has 0 fully saturated rings. The summed E-state index contributed by atoms with van der Waals surface area (Å²) in [6.07, 6.45) is 1.27. The Kier molecular flexibility index (Phi) is 3.29. The molecule has 1 rings (SSSR count). The number of aromatic nitrogens is 2. The minimum atomic E-state index is -3.45. The number of sulfonamides is 1. The zero-order valence-electron chi connectivity index (χ0n) is 7.04. The van der Waals surface area contributed by atoms with Gasteiger partial charge in [0.1, 0.15) is 5.82 Å². The lowest BCUT2D eigenvalue weighted by atomic mass is 10.8. The first-order chi connectivity index (χ1) is 6.06. The Morgan fingerprint density at radius 1 is 1.69 bits per heavy atom. The van der Waals surface area contributed by atoms with Crippen LogP contribution in [0.2, 0.25) is 0 Å². The fourth-order valence-electron chi connectivity index (χ4n) is 0.786. The smallest absolute Gasteiger partial charge is 0.257 e. The molecule has 0 saturated carbocycles. The monoisotopic (exact) mass is 223 g/mol. The third-order valence-electron chi connectivity index (χ3n) is 1.36. The summed E-state index contributed by atoms with van der Waals surface area (Å²) in [5.41, 5.74) is 0. The van der Waals surface area contributed by atoms with Crippen molar-refractivity contribution < 1.29 is 8.42 Å². The normalized spacial score (nSPS) is 11.8. The Labute approximate surface area is 81.6 Å². The fraction of sp³-hybridized carbons (Fsp3) is 0.500. The molecule has 7 heteroatoms. The second kappa shape index (κ2) is 4.08. The lowest BCUT2D eigenvalue weighted by molar-refractivity contribution is 0.580. The van der Waals surface area contributed by atoms with Crippen molar-refractivity contribution in [1.82, 2.24) is 14.7 Å². The van der Waals surface area contributed by atoms with Crippen molar-refractivity contribution in [2.45, 2.75) is 11.9 Å². The molecule has 13 heavy (non-hydrogen) atoms. The van der Waals surface area contributed by atoms with E-state index < -0.39 is 10.0 Å². The largest absolute Gasteiger partial charge is 0.332 e. The van der Waals surface area contributed by atoms with Crippen LogP contribution in [0.3, 0.4) is 0 Å². The van der Waals surface area contributed by atoms with Crippen LogP contribution >= 0.6 is 11.6 Å². The highest BCUT2D eigenvalue weighted by Gasteiger charge is 2.14. The summed E-state index contributed by atoms with van der Waals surface area (Å²) in [6, 6.07) is 0. The first-order valence-corrected chi connectivity index (χ1v) is 5.65. The first kappa shape index (κ1) is 10.5. The highest BCUT2D eigenvalue weighted by molar-refractivity contribution is 7.89. The quantitative estimate of drug-likeness (QED) is 0.718. The molecule has 1 aromatic heterocycles. The van der Waals surface area contributed by atoms with E-state index in [-0.39, 0.29) is 17.5 Å². The number of halogens is 1. The number of rotatable bonds is 4. The number of imidazole rings is 1. The third kappa shape index (κ3) is 2.68. The fourth-order valence-corrected chi connectivity index (χ4v) is 1.99. The van der Waals surface area contributed by atoms with Crippen molar-refractivity contribution in [3.63, 3.8) is 0 Å². The van der Waals surface area contributed by atoms with Gasteiger partial charge in [0.15, 0.2) is 5.03 Å². The van der Waals surface area contributed by atoms with Gasteiger partial charge in [0.25, 0.3) is 10.0 Å². The highest BCUT2D eigenvalue weighted by Crippen LogP contribution is 2.03. The second-order valence-electron chi connectivity index (χ2n) is 2.42. The van der Waals surface area contributed by atoms with Crippen molar-refractivity contribution in [3.8, 4) is 0 Å². The Hall–Kier alpha value is -0.590. The van der Waals surface area contributed by atoms with Gasteiger partial charge in [0.2, 0.25) is 0 Å². The Morgan fingerprint density at radius 3 is 2.85 bits per heavy atom. The van der Waals surface area contributed by atoms with Gasteiger partial charge in [-0.3, -0.25) is 0 Å². The second-order valence-corrected chi connectivity index (χ2v) is 4.53. The van der Waals surface area contributed by atoms with Crippen LogP contribution in [-0.2, 0) is 10.0 Å². The number of H-pyrrole nitrogens is 1. The molecular weight excluding hydrogens is 214 g/mol. The predicted octanol–water partition coefficient (Wildman–Crippen LogP) is 0.235. The minimum Gasteiger partial charge on any atom is -0.332 e. The van der Waals surface area contributed by atoms with Gasteiger partial charge in [-0.25, -0.2) is 18.1 Å². The summed E-state index contributed by atoms with van der Waals surface area (Å²) < 4.78 is 25.0. The molecule has 0 saturated heterocycles. The molecule has 1 aromatic rings. The van der Waals surface area contributed by atoms with E-state index in [0.717, 1.165) is 0 Å². The molecule has 0 aromatic carbocycles. The van der Waals surface area contributed by atoms with Crippen molar-refractivity contribution in [3.05, 3.63) is 12.0 Å². The summed E-state index contributed by atoms with van der Waals surface area (Å²) in [6.45, 7) is 1.89. The maximum atomic E-state index is 11.4. The van der Waals surface area contributed by atoms with Gasteiger partial charge in [0, 0.05) is 12.4 Å². The average Bonchev–Trinajstić information content (AvgIpc) is 2.49. The molecular formula is C6H10ClN3O2S. The van der Waals surface area contributed by atoms with Crippen molar-refractivity contribution >= 4 is 21.6 Å². The van der Waals surface area contributed by atoms with E-state index in [4.69, 9.17) is 11.6 Å². The maximum absolute atomic E-state index is 11.4. The van der Waals surface area contributed by atoms with Gasteiger partial charge < -0.3 is 4.98 Å². The molecule has 0 spiro atoms. The number of hydrogen-bond acceptors (Lipinski definition) is 3. The van der Waals surface area contributed by atoms with E-state index >= 15 is 0 Å². The molecule has 0 aliphatic carbocycles. The molecule has 0 radical (unpaired) electrons. The van der Waals surface area contributed by atoms with Crippen LogP contribution in [0.25, 0.3) is 0 Å². The van der Waals surface area contributed by atoms with Crippen LogP contribution in [0, 0.1) is 6.92 Å². The summed E-state index contributed by atoms with van der Waals surface area (Å²) in [7, 11) is -3.45. The molecule has 5 nitrogen and oxygen atoms in total. The van der Waals surface area contributed by atoms with E-state index in [1.807, 2.05) is 0 Å². The van der Waals surface area contributed by atoms with Crippen LogP contribution in [0.15, 0.2) is 11.2 Å². The molecule has 0 atom stereocenters. The number of nitrogens with zero attached hydrogens (tertiary/aromatic N) is 1. The molecule has 1 heterocycles. The summed E-state index contributed by atoms with van der Waals surface area (Å²) in [5, 5.41) is 0.0649. The van der Waals surface area contributed by atoms with E-state index in [9.17, 15) is 8.42 Å². The van der Waals surface area contributed by atoms with Crippen LogP contribution in [0.1, 0.15) is 5.82 Å². The molecule has 0 aliphatic rings. The summed E-state index contributed by atoms with van der Waals surface area (Å²) in [4.78, 5) is 6.40. The molecule has 74 valence electrons. The topological polar surface area (TPSA) is 74.8 Å². The van der Waals surface area contributed by atoms with Gasteiger partial charge in [-0.15, -0.1) is 11.6 Å². The summed E-state index contributed by atoms with van der Waals surface area (Å²) in [5.74, 6) is 0.804. The van der Waals surface area contributed by atoms with Gasteiger partial charge in [-0.05, 0) is 6.92 Å². The third-order valence-corrected chi connectivity index (χ3v) is 2.92. The van der Waals surface area contributed by atoms with Crippen molar-refractivity contribution in [1.29, 1.82) is 0 Å². The van der Waals surface area contributed by atoms with Crippen LogP contribution in [0.5, 0.6) is 0 Å². The summed E-state index contributed by atoms with van der Waals surface area (Å²) >= 11 is 5.35. The van der Waals surface area contributed by atoms with Crippen molar-refractivity contribution in [2.75, 3.05) is 12.4 Å². The standard InChI is InChI=1S/C6H10ClN3O2S/c1-5-8-4-6(10-5)13(11,12)9-3-2-7/h4,9H,2-3H2,1H3,(H,8,10). The number of hydrogen-bond donors (Lipinski definition) is 2. The van der Waals surface area contributed by atoms with Gasteiger partial charge >= 0.3 is 0 Å². The molecule has 0 aliphatic heterocycles. The lowest BCUT2D eigenvalue weighted by Gasteiger charge is -2.00. The average molecular weight is 224 g/mol. The zero-order chi connectivity index (χ0) is 9.90. The number of alkyl halides is 1. The number of aryl methyl sites for hydroxylation is 1. The Morgan fingerprint density at radius 2 is 2.38 bits per heavy atom. The number of nitrogens with one attached hydrogen (secondary N) is 2. The molecule has 0 amide bonds. The Balaban J connectivity index is 2.82. The van der Waals surface area contributed by atoms with Crippen LogP contribution < -0.4 is 4.72 Å². The zero-order valence-corrected chi connectivity index (χ0v) is 8.61. The maximum Gasteiger partial charge on any atom is 0.257 e. The van der Waals surface area contributed by atoms with Crippen LogP contribution in [-0.4, -0.2) is 30.8 Å². The minimum absolute atomic E-state index is 0.0649. The van der Waals surface area contributed by atoms with Crippen molar-refractivity contribution in [2.24, 2.45) is 0 Å². The molecule has 0 bridgehead atoms. The molecule has 0 unspecified atom stereocenters. The predicted molar refractivity (Wildman–Crippen MR) is 49.2 cm³/mol. The van der Waals surface area contributed by atoms with E-state index in [1.54, 1.807) is 6.92 Å². The first-order valence-electron chi connectivity index (χ1n) is 3.63. The van der Waals surface area contributed by atoms with Gasteiger partial charge in [0.05, 0.1) is 6.20 Å². The Bertz CT molecular complexity index is 373.